The van der Waals surface area contributed by atoms with Gasteiger partial charge in [0.2, 0.25) is 0 Å². The fraction of sp³-hybridized carbons (Fsp3) is 0.727. The second-order valence-corrected chi connectivity index (χ2v) is 16.0. The van der Waals surface area contributed by atoms with Gasteiger partial charge in [0, 0.05) is 8.95 Å². The summed E-state index contributed by atoms with van der Waals surface area (Å²) in [5.41, 5.74) is 6.40. The monoisotopic (exact) mass is 760 g/mol. The van der Waals surface area contributed by atoms with Crippen LogP contribution in [0.1, 0.15) is 180 Å². The van der Waals surface area contributed by atoms with E-state index in [-0.39, 0.29) is 0 Å². The summed E-state index contributed by atoms with van der Waals surface area (Å²) >= 11 is 7.45. The summed E-state index contributed by atoms with van der Waals surface area (Å²) in [4.78, 5) is 0. The van der Waals surface area contributed by atoms with Crippen molar-refractivity contribution in [1.82, 2.24) is 0 Å². The van der Waals surface area contributed by atoms with Crippen LogP contribution in [-0.4, -0.2) is 0 Å². The largest absolute Gasteiger partial charge is 0.0654 e. The molecular formula is C44H74Br2. The molecule has 0 nitrogen and oxygen atoms in total. The summed E-state index contributed by atoms with van der Waals surface area (Å²) in [7, 11) is 0. The molecule has 4 unspecified atom stereocenters. The normalized spacial score (nSPS) is 14.0. The zero-order valence-corrected chi connectivity index (χ0v) is 34.8. The van der Waals surface area contributed by atoms with Crippen LogP contribution in [0.3, 0.4) is 0 Å². The Labute approximate surface area is 305 Å². The highest BCUT2D eigenvalue weighted by atomic mass is 79.9. The van der Waals surface area contributed by atoms with Gasteiger partial charge in [0.05, 0.1) is 0 Å². The molecule has 2 rings (SSSR count). The minimum absolute atomic E-state index is 0.826. The van der Waals surface area contributed by atoms with Crippen LogP contribution in [0, 0.1) is 23.7 Å². The first-order valence-corrected chi connectivity index (χ1v) is 21.4. The summed E-state index contributed by atoms with van der Waals surface area (Å²) in [6, 6.07) is 14.0. The molecule has 0 fully saturated rings. The van der Waals surface area contributed by atoms with E-state index in [0.29, 0.717) is 0 Å². The molecule has 46 heavy (non-hydrogen) atoms. The zero-order chi connectivity index (χ0) is 34.2. The van der Waals surface area contributed by atoms with Crippen molar-refractivity contribution in [1.29, 1.82) is 0 Å². The molecule has 2 heteroatoms. The third-order valence-electron chi connectivity index (χ3n) is 10.6. The van der Waals surface area contributed by atoms with Gasteiger partial charge in [-0.05, 0) is 116 Å². The summed E-state index contributed by atoms with van der Waals surface area (Å²) in [5.74, 6) is 3.40. The van der Waals surface area contributed by atoms with Gasteiger partial charge in [0.15, 0.2) is 0 Å². The molecule has 0 N–H and O–H groups in total. The van der Waals surface area contributed by atoms with Gasteiger partial charge in [0.1, 0.15) is 0 Å². The summed E-state index contributed by atoms with van der Waals surface area (Å²) in [6.07, 6.45) is 26.6. The van der Waals surface area contributed by atoms with Gasteiger partial charge >= 0.3 is 0 Å². The summed E-state index contributed by atoms with van der Waals surface area (Å²) in [5, 5.41) is 0. The maximum Gasteiger partial charge on any atom is 0.0320 e. The predicted molar refractivity (Wildman–Crippen MR) is 216 cm³/mol. The van der Waals surface area contributed by atoms with Crippen LogP contribution in [0.4, 0.5) is 0 Å². The van der Waals surface area contributed by atoms with Gasteiger partial charge < -0.3 is 0 Å². The lowest BCUT2D eigenvalue weighted by Gasteiger charge is -2.21. The van der Waals surface area contributed by atoms with Crippen LogP contribution in [0.5, 0.6) is 0 Å². The first kappa shape index (κ1) is 43.4. The third kappa shape index (κ3) is 17.7. The molecule has 0 aliphatic rings. The maximum absolute atomic E-state index is 3.72. The maximum atomic E-state index is 3.72. The van der Waals surface area contributed by atoms with Crippen LogP contribution in [0.2, 0.25) is 0 Å². The molecule has 0 radical (unpaired) electrons. The molecule has 0 aromatic heterocycles. The standard InChI is InChI=1S/C22H36Br2.C22H38/c1-5-9-11-17(7-3)13-19-15-21(23)22(24)16-20(19)14-18(8-4)12-10-6-2;1-5-9-13-19(7-3)17-21-15-11-12-16-22(21)18-20(8-4)14-10-6-2/h15-18H,5-14H2,1-4H3;11-12,15-16,19-20H,5-10,13-14,17-18H2,1-4H3. The minimum atomic E-state index is 0.826. The van der Waals surface area contributed by atoms with Crippen molar-refractivity contribution in [2.45, 2.75) is 184 Å². The fourth-order valence-electron chi connectivity index (χ4n) is 6.98. The number of hydrogen-bond donors (Lipinski definition) is 0. The average molecular weight is 763 g/mol. The van der Waals surface area contributed by atoms with Crippen molar-refractivity contribution in [2.75, 3.05) is 0 Å². The Kier molecular flexibility index (Phi) is 25.7. The van der Waals surface area contributed by atoms with Crippen LogP contribution in [-0.2, 0) is 25.7 Å². The quantitative estimate of drug-likeness (QED) is 0.0999. The Morgan fingerprint density at radius 2 is 0.674 bits per heavy atom. The summed E-state index contributed by atoms with van der Waals surface area (Å²) in [6.45, 7) is 18.6. The first-order valence-electron chi connectivity index (χ1n) is 19.8. The molecule has 264 valence electrons. The molecule has 4 atom stereocenters. The van der Waals surface area contributed by atoms with Crippen molar-refractivity contribution in [2.24, 2.45) is 23.7 Å². The summed E-state index contributed by atoms with van der Waals surface area (Å²) < 4.78 is 2.40. The second-order valence-electron chi connectivity index (χ2n) is 14.3. The molecule has 0 amide bonds. The average Bonchev–Trinajstić information content (AvgIpc) is 3.07. The van der Waals surface area contributed by atoms with E-state index >= 15 is 0 Å². The molecule has 0 spiro atoms. The Morgan fingerprint density at radius 1 is 0.413 bits per heavy atom. The van der Waals surface area contributed by atoms with Gasteiger partial charge in [-0.2, -0.15) is 0 Å². The number of rotatable bonds is 24. The van der Waals surface area contributed by atoms with E-state index in [1.165, 1.54) is 137 Å². The SMILES string of the molecule is CCCCC(CC)Cc1cc(Br)c(Br)cc1CC(CC)CCCC.CCCCC(CC)Cc1ccccc1CC(CC)CCCC. The van der Waals surface area contributed by atoms with Gasteiger partial charge in [-0.1, -0.05) is 182 Å². The van der Waals surface area contributed by atoms with Crippen molar-refractivity contribution in [3.8, 4) is 0 Å². The van der Waals surface area contributed by atoms with E-state index in [9.17, 15) is 0 Å². The lowest BCUT2D eigenvalue weighted by atomic mass is 9.85. The smallest absolute Gasteiger partial charge is 0.0320 e. The number of hydrogen-bond acceptors (Lipinski definition) is 0. The second kappa shape index (κ2) is 27.2. The molecule has 0 saturated heterocycles. The highest BCUT2D eigenvalue weighted by molar-refractivity contribution is 9.13. The van der Waals surface area contributed by atoms with E-state index in [1.54, 1.807) is 22.3 Å². The number of unbranched alkanes of at least 4 members (excludes halogenated alkanes) is 4. The van der Waals surface area contributed by atoms with Crippen molar-refractivity contribution in [3.05, 3.63) is 67.6 Å². The minimum Gasteiger partial charge on any atom is -0.0654 e. The molecule has 0 aliphatic carbocycles. The van der Waals surface area contributed by atoms with E-state index in [1.807, 2.05) is 0 Å². The van der Waals surface area contributed by atoms with Crippen LogP contribution < -0.4 is 0 Å². The van der Waals surface area contributed by atoms with E-state index in [4.69, 9.17) is 0 Å². The molecule has 0 aliphatic heterocycles. The number of halogens is 2. The Balaban J connectivity index is 0.000000462. The molecule has 0 heterocycles. The lowest BCUT2D eigenvalue weighted by molar-refractivity contribution is 0.434. The lowest BCUT2D eigenvalue weighted by Crippen LogP contribution is -2.10. The fourth-order valence-corrected chi connectivity index (χ4v) is 7.76. The zero-order valence-electron chi connectivity index (χ0n) is 31.7. The first-order chi connectivity index (χ1) is 22.3. The van der Waals surface area contributed by atoms with E-state index < -0.39 is 0 Å². The van der Waals surface area contributed by atoms with Gasteiger partial charge in [0.25, 0.3) is 0 Å². The van der Waals surface area contributed by atoms with Gasteiger partial charge in [-0.15, -0.1) is 0 Å². The Bertz CT molecular complexity index is 931. The van der Waals surface area contributed by atoms with Crippen LogP contribution >= 0.6 is 31.9 Å². The van der Waals surface area contributed by atoms with Crippen molar-refractivity contribution in [3.63, 3.8) is 0 Å². The Morgan fingerprint density at radius 3 is 0.913 bits per heavy atom. The Hall–Kier alpha value is -0.600. The topological polar surface area (TPSA) is 0 Å². The third-order valence-corrected chi connectivity index (χ3v) is 12.4. The highest BCUT2D eigenvalue weighted by Gasteiger charge is 2.16. The van der Waals surface area contributed by atoms with E-state index in [2.05, 4.69) is 124 Å². The van der Waals surface area contributed by atoms with E-state index in [0.717, 1.165) is 23.7 Å². The highest BCUT2D eigenvalue weighted by Crippen LogP contribution is 2.32. The molecule has 2 aromatic rings. The molecule has 0 saturated carbocycles. The predicted octanol–water partition coefficient (Wildman–Crippen LogP) is 15.9. The number of benzene rings is 2. The van der Waals surface area contributed by atoms with Gasteiger partial charge in [-0.3, -0.25) is 0 Å². The van der Waals surface area contributed by atoms with Crippen LogP contribution in [0.25, 0.3) is 0 Å². The molecular weight excluding hydrogens is 688 g/mol. The molecule has 0 bridgehead atoms. The van der Waals surface area contributed by atoms with Crippen molar-refractivity contribution < 1.29 is 0 Å². The van der Waals surface area contributed by atoms with Crippen molar-refractivity contribution >= 4 is 31.9 Å². The van der Waals surface area contributed by atoms with Crippen LogP contribution in [0.15, 0.2) is 45.3 Å². The van der Waals surface area contributed by atoms with Gasteiger partial charge in [-0.25, -0.2) is 0 Å². The molecule has 2 aromatic carbocycles.